The number of hydrogen-bond donors (Lipinski definition) is 2. The third-order valence-electron chi connectivity index (χ3n) is 3.89. The second-order valence-electron chi connectivity index (χ2n) is 5.78. The van der Waals surface area contributed by atoms with Crippen LogP contribution >= 0.6 is 0 Å². The van der Waals surface area contributed by atoms with Crippen molar-refractivity contribution in [2.24, 2.45) is 0 Å². The molecule has 0 radical (unpaired) electrons. The number of unbranched alkanes of at least 4 members (excludes halogenated alkanes) is 2. The van der Waals surface area contributed by atoms with Crippen LogP contribution in [0.15, 0.2) is 0 Å². The minimum atomic E-state index is -0.812. The van der Waals surface area contributed by atoms with E-state index in [0.717, 1.165) is 25.7 Å². The van der Waals surface area contributed by atoms with Crippen LogP contribution < -0.4 is 5.32 Å². The Morgan fingerprint density at radius 2 is 2.10 bits per heavy atom. The summed E-state index contributed by atoms with van der Waals surface area (Å²) >= 11 is 0. The molecular weight excluding hydrogens is 256 g/mol. The van der Waals surface area contributed by atoms with E-state index >= 15 is 0 Å². The summed E-state index contributed by atoms with van der Waals surface area (Å²) in [5, 5.41) is 12.1. The third kappa shape index (κ3) is 5.90. The number of carbonyl (C=O) groups is 2. The van der Waals surface area contributed by atoms with E-state index in [2.05, 4.69) is 12.2 Å². The monoisotopic (exact) mass is 284 g/mol. The van der Waals surface area contributed by atoms with Gasteiger partial charge in [0, 0.05) is 6.04 Å². The number of piperidine rings is 1. The molecule has 0 spiro atoms. The van der Waals surface area contributed by atoms with Gasteiger partial charge in [-0.15, -0.1) is 0 Å². The number of carboxylic acids is 1. The number of hydrogen-bond acceptors (Lipinski definition) is 3. The van der Waals surface area contributed by atoms with Crippen molar-refractivity contribution in [2.75, 3.05) is 13.1 Å². The SMILES string of the molecule is CCCCCC(C)NC(=O)CN1CCCCC1C(=O)O. The molecule has 1 heterocycles. The van der Waals surface area contributed by atoms with Gasteiger partial charge < -0.3 is 10.4 Å². The second-order valence-corrected chi connectivity index (χ2v) is 5.78. The van der Waals surface area contributed by atoms with E-state index < -0.39 is 12.0 Å². The fourth-order valence-corrected chi connectivity index (χ4v) is 2.74. The first-order valence-corrected chi connectivity index (χ1v) is 7.80. The van der Waals surface area contributed by atoms with Gasteiger partial charge in [0.25, 0.3) is 0 Å². The molecule has 0 saturated carbocycles. The number of carbonyl (C=O) groups excluding carboxylic acids is 1. The van der Waals surface area contributed by atoms with Crippen LogP contribution in [0.5, 0.6) is 0 Å². The highest BCUT2D eigenvalue weighted by Gasteiger charge is 2.29. The zero-order valence-electron chi connectivity index (χ0n) is 12.7. The molecule has 116 valence electrons. The molecule has 1 aliphatic heterocycles. The predicted molar refractivity (Wildman–Crippen MR) is 78.6 cm³/mol. The predicted octanol–water partition coefficient (Wildman–Crippen LogP) is 2.01. The van der Waals surface area contributed by atoms with Crippen molar-refractivity contribution in [1.29, 1.82) is 0 Å². The number of nitrogens with zero attached hydrogens (tertiary/aromatic N) is 1. The van der Waals surface area contributed by atoms with E-state index in [0.29, 0.717) is 13.0 Å². The molecule has 1 rings (SSSR count). The summed E-state index contributed by atoms with van der Waals surface area (Å²) in [6, 6.07) is -0.327. The minimum absolute atomic E-state index is 0.0536. The van der Waals surface area contributed by atoms with Crippen LogP contribution in [0.25, 0.3) is 0 Å². The van der Waals surface area contributed by atoms with Gasteiger partial charge in [-0.05, 0) is 32.7 Å². The normalized spacial score (nSPS) is 21.4. The molecule has 0 aromatic carbocycles. The van der Waals surface area contributed by atoms with Crippen molar-refractivity contribution in [3.8, 4) is 0 Å². The molecule has 2 N–H and O–H groups in total. The number of rotatable bonds is 8. The molecule has 0 aromatic rings. The van der Waals surface area contributed by atoms with Gasteiger partial charge in [0.2, 0.25) is 5.91 Å². The highest BCUT2D eigenvalue weighted by molar-refractivity contribution is 5.80. The lowest BCUT2D eigenvalue weighted by Gasteiger charge is -2.32. The fourth-order valence-electron chi connectivity index (χ4n) is 2.74. The first-order valence-electron chi connectivity index (χ1n) is 7.80. The van der Waals surface area contributed by atoms with E-state index in [1.165, 1.54) is 12.8 Å². The van der Waals surface area contributed by atoms with Crippen molar-refractivity contribution in [3.05, 3.63) is 0 Å². The highest BCUT2D eigenvalue weighted by Crippen LogP contribution is 2.16. The van der Waals surface area contributed by atoms with Gasteiger partial charge in [0.15, 0.2) is 0 Å². The first kappa shape index (κ1) is 17.0. The van der Waals surface area contributed by atoms with Crippen LogP contribution in [0.1, 0.15) is 58.8 Å². The summed E-state index contributed by atoms with van der Waals surface area (Å²) in [6.07, 6.45) is 7.03. The van der Waals surface area contributed by atoms with Crippen molar-refractivity contribution in [1.82, 2.24) is 10.2 Å². The molecule has 1 fully saturated rings. The zero-order chi connectivity index (χ0) is 15.0. The molecule has 1 amide bonds. The molecular formula is C15H28N2O3. The lowest BCUT2D eigenvalue weighted by atomic mass is 10.0. The molecule has 2 atom stereocenters. The molecule has 1 saturated heterocycles. The number of aliphatic carboxylic acids is 1. The summed E-state index contributed by atoms with van der Waals surface area (Å²) in [6.45, 7) is 5.08. The van der Waals surface area contributed by atoms with Crippen LogP contribution in [0, 0.1) is 0 Å². The Kier molecular flexibility index (Phi) is 7.59. The molecule has 5 nitrogen and oxygen atoms in total. The Labute approximate surface area is 121 Å². The number of nitrogens with one attached hydrogen (secondary N) is 1. The van der Waals surface area contributed by atoms with Crippen molar-refractivity contribution in [3.63, 3.8) is 0 Å². The standard InChI is InChI=1S/C15H28N2O3/c1-3-4-5-8-12(2)16-14(18)11-17-10-7-6-9-13(17)15(19)20/h12-13H,3-11H2,1-2H3,(H,16,18)(H,19,20). The largest absolute Gasteiger partial charge is 0.480 e. The maximum Gasteiger partial charge on any atom is 0.320 e. The maximum atomic E-state index is 12.0. The Bertz CT molecular complexity index is 320. The van der Waals surface area contributed by atoms with Crippen LogP contribution in [0.2, 0.25) is 0 Å². The van der Waals surface area contributed by atoms with E-state index in [4.69, 9.17) is 0 Å². The maximum absolute atomic E-state index is 12.0. The Balaban J connectivity index is 2.34. The lowest BCUT2D eigenvalue weighted by Crippen LogP contribution is -2.50. The van der Waals surface area contributed by atoms with Gasteiger partial charge in [0.1, 0.15) is 6.04 Å². The van der Waals surface area contributed by atoms with Crippen molar-refractivity contribution < 1.29 is 14.7 Å². The number of amides is 1. The first-order chi connectivity index (χ1) is 9.54. The van der Waals surface area contributed by atoms with E-state index in [1.54, 1.807) is 4.90 Å². The minimum Gasteiger partial charge on any atom is -0.480 e. The molecule has 0 aromatic heterocycles. The van der Waals surface area contributed by atoms with Gasteiger partial charge in [-0.1, -0.05) is 32.6 Å². The van der Waals surface area contributed by atoms with Crippen molar-refractivity contribution >= 4 is 11.9 Å². The molecule has 0 bridgehead atoms. The smallest absolute Gasteiger partial charge is 0.320 e. The van der Waals surface area contributed by atoms with Crippen LogP contribution in [-0.2, 0) is 9.59 Å². The average molecular weight is 284 g/mol. The summed E-state index contributed by atoms with van der Waals surface area (Å²) in [5.41, 5.74) is 0. The van der Waals surface area contributed by atoms with Crippen LogP contribution in [-0.4, -0.2) is 47.1 Å². The molecule has 20 heavy (non-hydrogen) atoms. The topological polar surface area (TPSA) is 69.6 Å². The van der Waals surface area contributed by atoms with Crippen LogP contribution in [0.3, 0.4) is 0 Å². The van der Waals surface area contributed by atoms with Crippen molar-refractivity contribution in [2.45, 2.75) is 70.9 Å². The van der Waals surface area contributed by atoms with Gasteiger partial charge >= 0.3 is 5.97 Å². The quantitative estimate of drug-likeness (QED) is 0.669. The number of likely N-dealkylation sites (tertiary alicyclic amines) is 1. The summed E-state index contributed by atoms with van der Waals surface area (Å²) < 4.78 is 0. The van der Waals surface area contributed by atoms with E-state index in [-0.39, 0.29) is 18.5 Å². The molecule has 0 aliphatic carbocycles. The zero-order valence-corrected chi connectivity index (χ0v) is 12.7. The summed E-state index contributed by atoms with van der Waals surface area (Å²) in [5.74, 6) is -0.865. The van der Waals surface area contributed by atoms with Gasteiger partial charge in [-0.2, -0.15) is 0 Å². The van der Waals surface area contributed by atoms with E-state index in [9.17, 15) is 14.7 Å². The van der Waals surface area contributed by atoms with Gasteiger partial charge in [-0.25, -0.2) is 0 Å². The summed E-state index contributed by atoms with van der Waals surface area (Å²) in [7, 11) is 0. The van der Waals surface area contributed by atoms with Crippen LogP contribution in [0.4, 0.5) is 0 Å². The lowest BCUT2D eigenvalue weighted by molar-refractivity contribution is -0.145. The van der Waals surface area contributed by atoms with Gasteiger partial charge in [0.05, 0.1) is 6.54 Å². The Morgan fingerprint density at radius 1 is 1.35 bits per heavy atom. The second kappa shape index (κ2) is 8.95. The Hall–Kier alpha value is -1.10. The fraction of sp³-hybridized carbons (Fsp3) is 0.867. The number of carboxylic acid groups (broad SMARTS) is 1. The Morgan fingerprint density at radius 3 is 2.75 bits per heavy atom. The van der Waals surface area contributed by atoms with E-state index in [1.807, 2.05) is 6.92 Å². The highest BCUT2D eigenvalue weighted by atomic mass is 16.4. The molecule has 1 aliphatic rings. The molecule has 5 heteroatoms. The average Bonchev–Trinajstić information content (AvgIpc) is 2.39. The molecule has 2 unspecified atom stereocenters. The van der Waals surface area contributed by atoms with Gasteiger partial charge in [-0.3, -0.25) is 14.5 Å². The third-order valence-corrected chi connectivity index (χ3v) is 3.89. The summed E-state index contributed by atoms with van der Waals surface area (Å²) in [4.78, 5) is 24.9.